The Bertz CT molecular complexity index is 751. The molecule has 0 aliphatic rings. The first-order valence-electron chi connectivity index (χ1n) is 6.66. The molecule has 3 aromatic rings. The summed E-state index contributed by atoms with van der Waals surface area (Å²) in [6.07, 6.45) is 1.70. The molecular weight excluding hydrogens is 284 g/mol. The molecule has 1 N–H and O–H groups in total. The van der Waals surface area contributed by atoms with Crippen LogP contribution in [0.5, 0.6) is 0 Å². The van der Waals surface area contributed by atoms with E-state index in [1.165, 1.54) is 0 Å². The lowest BCUT2D eigenvalue weighted by Gasteiger charge is -2.11. The fourth-order valence-corrected chi connectivity index (χ4v) is 2.42. The third-order valence-corrected chi connectivity index (χ3v) is 3.49. The van der Waals surface area contributed by atoms with Crippen molar-refractivity contribution >= 4 is 17.3 Å². The minimum atomic E-state index is 0.704. The maximum Gasteiger partial charge on any atom is 0.165 e. The van der Waals surface area contributed by atoms with Gasteiger partial charge in [0.15, 0.2) is 5.82 Å². The van der Waals surface area contributed by atoms with E-state index in [4.69, 9.17) is 11.6 Å². The first-order valence-corrected chi connectivity index (χ1v) is 7.03. The lowest BCUT2D eigenvalue weighted by Crippen LogP contribution is -2.02. The fraction of sp³-hybridized carbons (Fsp3) is 0.125. The molecule has 106 valence electrons. The highest BCUT2D eigenvalue weighted by Gasteiger charge is 2.09. The molecule has 0 spiro atoms. The average molecular weight is 299 g/mol. The third kappa shape index (κ3) is 3.06. The molecule has 0 unspecified atom stereocenters. The fourth-order valence-electron chi connectivity index (χ4n) is 2.20. The molecule has 0 aliphatic carbocycles. The molecule has 0 radical (unpaired) electrons. The van der Waals surface area contributed by atoms with Gasteiger partial charge in [0.2, 0.25) is 0 Å². The lowest BCUT2D eigenvalue weighted by atomic mass is 10.1. The van der Waals surface area contributed by atoms with E-state index in [0.717, 1.165) is 27.7 Å². The molecule has 4 nitrogen and oxygen atoms in total. The van der Waals surface area contributed by atoms with E-state index < -0.39 is 0 Å². The molecule has 2 aromatic carbocycles. The number of benzene rings is 2. The number of para-hydroxylation sites is 1. The predicted octanol–water partition coefficient (Wildman–Crippen LogP) is 3.75. The van der Waals surface area contributed by atoms with Gasteiger partial charge in [-0.2, -0.15) is 0 Å². The van der Waals surface area contributed by atoms with Crippen LogP contribution in [-0.2, 0) is 13.6 Å². The van der Waals surface area contributed by atoms with Gasteiger partial charge in [0.05, 0.1) is 0 Å². The predicted molar refractivity (Wildman–Crippen MR) is 85.2 cm³/mol. The quantitative estimate of drug-likeness (QED) is 0.798. The molecule has 0 atom stereocenters. The van der Waals surface area contributed by atoms with Gasteiger partial charge in [-0.25, -0.2) is 0 Å². The number of hydrogen-bond donors (Lipinski definition) is 1. The van der Waals surface area contributed by atoms with E-state index in [1.807, 2.05) is 60.1 Å². The molecule has 1 aromatic heterocycles. The second-order valence-electron chi connectivity index (χ2n) is 4.79. The Morgan fingerprint density at radius 1 is 1.14 bits per heavy atom. The SMILES string of the molecule is Cn1cnnc1-c1ccccc1NCc1cccc(Cl)c1. The summed E-state index contributed by atoms with van der Waals surface area (Å²) in [6, 6.07) is 15.9. The summed E-state index contributed by atoms with van der Waals surface area (Å²) in [6.45, 7) is 0.704. The van der Waals surface area contributed by atoms with Gasteiger partial charge in [-0.3, -0.25) is 0 Å². The number of hydrogen-bond acceptors (Lipinski definition) is 3. The zero-order valence-corrected chi connectivity index (χ0v) is 12.4. The van der Waals surface area contributed by atoms with Crippen LogP contribution in [0, 0.1) is 0 Å². The summed E-state index contributed by atoms with van der Waals surface area (Å²) in [5.74, 6) is 0.837. The normalized spacial score (nSPS) is 10.6. The van der Waals surface area contributed by atoms with Crippen molar-refractivity contribution in [3.05, 3.63) is 65.4 Å². The molecule has 0 amide bonds. The van der Waals surface area contributed by atoms with Crippen LogP contribution in [0.15, 0.2) is 54.9 Å². The van der Waals surface area contributed by atoms with Crippen molar-refractivity contribution in [1.29, 1.82) is 0 Å². The molecular formula is C16H15ClN4. The van der Waals surface area contributed by atoms with Crippen molar-refractivity contribution in [2.24, 2.45) is 7.05 Å². The third-order valence-electron chi connectivity index (χ3n) is 3.25. The Balaban J connectivity index is 1.85. The molecule has 3 rings (SSSR count). The van der Waals surface area contributed by atoms with Gasteiger partial charge >= 0.3 is 0 Å². The zero-order chi connectivity index (χ0) is 14.7. The second-order valence-corrected chi connectivity index (χ2v) is 5.23. The molecule has 0 saturated heterocycles. The smallest absolute Gasteiger partial charge is 0.165 e. The van der Waals surface area contributed by atoms with Crippen LogP contribution in [0.25, 0.3) is 11.4 Å². The second kappa shape index (κ2) is 5.97. The van der Waals surface area contributed by atoms with Crippen molar-refractivity contribution in [1.82, 2.24) is 14.8 Å². The molecule has 1 heterocycles. The van der Waals surface area contributed by atoms with Crippen LogP contribution < -0.4 is 5.32 Å². The van der Waals surface area contributed by atoms with Crippen molar-refractivity contribution < 1.29 is 0 Å². The van der Waals surface area contributed by atoms with Crippen molar-refractivity contribution in [3.8, 4) is 11.4 Å². The maximum absolute atomic E-state index is 6.01. The Labute approximate surface area is 128 Å². The molecule has 5 heteroatoms. The summed E-state index contributed by atoms with van der Waals surface area (Å²) in [7, 11) is 1.93. The van der Waals surface area contributed by atoms with E-state index in [-0.39, 0.29) is 0 Å². The summed E-state index contributed by atoms with van der Waals surface area (Å²) in [5, 5.41) is 12.3. The Hall–Kier alpha value is -2.33. The van der Waals surface area contributed by atoms with Gasteiger partial charge in [0.25, 0.3) is 0 Å². The van der Waals surface area contributed by atoms with Gasteiger partial charge < -0.3 is 9.88 Å². The minimum absolute atomic E-state index is 0.704. The van der Waals surface area contributed by atoms with Crippen molar-refractivity contribution in [3.63, 3.8) is 0 Å². The van der Waals surface area contributed by atoms with E-state index in [2.05, 4.69) is 15.5 Å². The van der Waals surface area contributed by atoms with E-state index >= 15 is 0 Å². The topological polar surface area (TPSA) is 42.7 Å². The average Bonchev–Trinajstić information content (AvgIpc) is 2.91. The highest BCUT2D eigenvalue weighted by Crippen LogP contribution is 2.26. The van der Waals surface area contributed by atoms with Gasteiger partial charge in [-0.05, 0) is 29.8 Å². The largest absolute Gasteiger partial charge is 0.380 e. The van der Waals surface area contributed by atoms with E-state index in [0.29, 0.717) is 6.54 Å². The van der Waals surface area contributed by atoms with Crippen LogP contribution >= 0.6 is 11.6 Å². The van der Waals surface area contributed by atoms with Crippen LogP contribution in [-0.4, -0.2) is 14.8 Å². The molecule has 0 fully saturated rings. The van der Waals surface area contributed by atoms with Crippen LogP contribution in [0.2, 0.25) is 5.02 Å². The highest BCUT2D eigenvalue weighted by atomic mass is 35.5. The number of anilines is 1. The first-order chi connectivity index (χ1) is 10.2. The maximum atomic E-state index is 6.01. The van der Waals surface area contributed by atoms with Gasteiger partial charge in [-0.15, -0.1) is 10.2 Å². The molecule has 0 aliphatic heterocycles. The number of rotatable bonds is 4. The Morgan fingerprint density at radius 2 is 2.00 bits per heavy atom. The number of aryl methyl sites for hydroxylation is 1. The summed E-state index contributed by atoms with van der Waals surface area (Å²) in [4.78, 5) is 0. The minimum Gasteiger partial charge on any atom is -0.380 e. The van der Waals surface area contributed by atoms with Gasteiger partial charge in [0, 0.05) is 29.9 Å². The summed E-state index contributed by atoms with van der Waals surface area (Å²) in [5.41, 5.74) is 3.18. The number of nitrogens with zero attached hydrogens (tertiary/aromatic N) is 3. The van der Waals surface area contributed by atoms with Crippen molar-refractivity contribution in [2.75, 3.05) is 5.32 Å². The molecule has 21 heavy (non-hydrogen) atoms. The monoisotopic (exact) mass is 298 g/mol. The molecule has 0 saturated carbocycles. The van der Waals surface area contributed by atoms with Gasteiger partial charge in [0.1, 0.15) is 6.33 Å². The summed E-state index contributed by atoms with van der Waals surface area (Å²) < 4.78 is 1.90. The number of aromatic nitrogens is 3. The summed E-state index contributed by atoms with van der Waals surface area (Å²) >= 11 is 6.01. The number of halogens is 1. The van der Waals surface area contributed by atoms with Gasteiger partial charge in [-0.1, -0.05) is 35.9 Å². The highest BCUT2D eigenvalue weighted by molar-refractivity contribution is 6.30. The lowest BCUT2D eigenvalue weighted by molar-refractivity contribution is 0.919. The first kappa shape index (κ1) is 13.6. The van der Waals surface area contributed by atoms with Crippen LogP contribution in [0.4, 0.5) is 5.69 Å². The van der Waals surface area contributed by atoms with Crippen LogP contribution in [0.3, 0.4) is 0 Å². The molecule has 0 bridgehead atoms. The van der Waals surface area contributed by atoms with E-state index in [9.17, 15) is 0 Å². The van der Waals surface area contributed by atoms with E-state index in [1.54, 1.807) is 6.33 Å². The van der Waals surface area contributed by atoms with Crippen molar-refractivity contribution in [2.45, 2.75) is 6.54 Å². The Morgan fingerprint density at radius 3 is 2.76 bits per heavy atom. The van der Waals surface area contributed by atoms with Crippen LogP contribution in [0.1, 0.15) is 5.56 Å². The number of nitrogens with one attached hydrogen (secondary N) is 1. The Kier molecular flexibility index (Phi) is 3.88. The standard InChI is InChI=1S/C16H15ClN4/c1-21-11-19-20-16(21)14-7-2-3-8-15(14)18-10-12-5-4-6-13(17)9-12/h2-9,11,18H,10H2,1H3. The zero-order valence-electron chi connectivity index (χ0n) is 11.6.